The first-order chi connectivity index (χ1) is 11.0. The van der Waals surface area contributed by atoms with E-state index in [4.69, 9.17) is 4.74 Å². The van der Waals surface area contributed by atoms with Gasteiger partial charge in [0.15, 0.2) is 0 Å². The Hall–Kier alpha value is -1.30. The monoisotopic (exact) mass is 323 g/mol. The number of nitrogens with zero attached hydrogens (tertiary/aromatic N) is 3. The maximum atomic E-state index is 12.3. The van der Waals surface area contributed by atoms with Crippen LogP contribution in [0, 0.1) is 5.41 Å². The van der Waals surface area contributed by atoms with Gasteiger partial charge in [0.2, 0.25) is 5.91 Å². The van der Waals surface area contributed by atoms with Crippen molar-refractivity contribution >= 4 is 11.9 Å². The average Bonchev–Trinajstić information content (AvgIpc) is 3.04. The Morgan fingerprint density at radius 1 is 1.30 bits per heavy atom. The van der Waals surface area contributed by atoms with Gasteiger partial charge in [-0.05, 0) is 37.5 Å². The lowest BCUT2D eigenvalue weighted by molar-refractivity contribution is -0.140. The van der Waals surface area contributed by atoms with Crippen molar-refractivity contribution in [3.05, 3.63) is 0 Å². The van der Waals surface area contributed by atoms with Gasteiger partial charge in [0.05, 0.1) is 6.10 Å². The van der Waals surface area contributed by atoms with E-state index in [-0.39, 0.29) is 23.5 Å². The zero-order valence-corrected chi connectivity index (χ0v) is 14.4. The van der Waals surface area contributed by atoms with Gasteiger partial charge in [0, 0.05) is 53.3 Å². The highest BCUT2D eigenvalue weighted by atomic mass is 16.5. The van der Waals surface area contributed by atoms with Gasteiger partial charge < -0.3 is 19.4 Å². The highest BCUT2D eigenvalue weighted by Gasteiger charge is 2.42. The van der Waals surface area contributed by atoms with Crippen LogP contribution in [0.3, 0.4) is 0 Å². The lowest BCUT2D eigenvalue weighted by Gasteiger charge is -2.48. The molecule has 0 aromatic heterocycles. The van der Waals surface area contributed by atoms with Crippen LogP contribution in [0.25, 0.3) is 0 Å². The van der Waals surface area contributed by atoms with E-state index in [9.17, 15) is 9.59 Å². The van der Waals surface area contributed by atoms with E-state index in [0.29, 0.717) is 6.42 Å². The highest BCUT2D eigenvalue weighted by Crippen LogP contribution is 2.40. The quantitative estimate of drug-likeness (QED) is 0.775. The number of hydrogen-bond acceptors (Lipinski definition) is 3. The minimum atomic E-state index is 0.1000. The number of hydrogen-bond donors (Lipinski definition) is 0. The summed E-state index contributed by atoms with van der Waals surface area (Å²) in [7, 11) is 3.60. The van der Waals surface area contributed by atoms with Crippen LogP contribution in [0.5, 0.6) is 0 Å². The lowest BCUT2D eigenvalue weighted by Crippen LogP contribution is -2.54. The highest BCUT2D eigenvalue weighted by molar-refractivity contribution is 5.77. The zero-order chi connectivity index (χ0) is 16.4. The summed E-state index contributed by atoms with van der Waals surface area (Å²) in [5, 5.41) is 0. The maximum Gasteiger partial charge on any atom is 0.319 e. The molecule has 6 heteroatoms. The summed E-state index contributed by atoms with van der Waals surface area (Å²) in [6, 6.07) is 0.1000. The zero-order valence-electron chi connectivity index (χ0n) is 14.4. The third-order valence-corrected chi connectivity index (χ3v) is 5.67. The third kappa shape index (κ3) is 3.62. The fourth-order valence-electron chi connectivity index (χ4n) is 4.17. The Labute approximate surface area is 138 Å². The molecule has 0 aromatic rings. The van der Waals surface area contributed by atoms with Crippen LogP contribution in [0.15, 0.2) is 0 Å². The Morgan fingerprint density at radius 3 is 2.65 bits per heavy atom. The first-order valence-corrected chi connectivity index (χ1v) is 8.85. The molecule has 3 rings (SSSR count). The number of piperidine rings is 2. The number of amides is 3. The molecule has 6 nitrogen and oxygen atoms in total. The van der Waals surface area contributed by atoms with Gasteiger partial charge in [-0.3, -0.25) is 4.79 Å². The molecular weight excluding hydrogens is 294 g/mol. The predicted molar refractivity (Wildman–Crippen MR) is 87.1 cm³/mol. The van der Waals surface area contributed by atoms with E-state index in [1.54, 1.807) is 19.0 Å². The van der Waals surface area contributed by atoms with E-state index in [0.717, 1.165) is 64.9 Å². The van der Waals surface area contributed by atoms with Crippen molar-refractivity contribution in [2.45, 2.75) is 44.6 Å². The van der Waals surface area contributed by atoms with Crippen LogP contribution in [0.1, 0.15) is 38.5 Å². The lowest BCUT2D eigenvalue weighted by atomic mass is 9.72. The fourth-order valence-corrected chi connectivity index (χ4v) is 4.17. The normalized spacial score (nSPS) is 27.6. The largest absolute Gasteiger partial charge is 0.376 e. The molecule has 0 radical (unpaired) electrons. The fraction of sp³-hybridized carbons (Fsp3) is 0.882. The van der Waals surface area contributed by atoms with Crippen LogP contribution in [0.4, 0.5) is 4.79 Å². The second kappa shape index (κ2) is 6.67. The van der Waals surface area contributed by atoms with Crippen molar-refractivity contribution in [1.29, 1.82) is 0 Å². The van der Waals surface area contributed by atoms with Gasteiger partial charge in [0.25, 0.3) is 0 Å². The first-order valence-electron chi connectivity index (χ1n) is 8.85. The summed E-state index contributed by atoms with van der Waals surface area (Å²) in [5.74, 6) is 0.276. The van der Waals surface area contributed by atoms with E-state index in [2.05, 4.69) is 0 Å². The standard InChI is InChI=1S/C17H29N3O3/c1-18(2)16(22)19-9-7-17(8-10-19)6-5-15(21)20(13-17)12-14-4-3-11-23-14/h14H,3-13H2,1-2H3/t14-/m1/s1. The molecule has 0 bridgehead atoms. The summed E-state index contributed by atoms with van der Waals surface area (Å²) in [5.41, 5.74) is 0.204. The van der Waals surface area contributed by atoms with Crippen molar-refractivity contribution in [3.8, 4) is 0 Å². The molecule has 3 aliphatic rings. The summed E-state index contributed by atoms with van der Waals surface area (Å²) >= 11 is 0. The minimum absolute atomic E-state index is 0.1000. The van der Waals surface area contributed by atoms with E-state index >= 15 is 0 Å². The summed E-state index contributed by atoms with van der Waals surface area (Å²) in [6.45, 7) is 4.04. The summed E-state index contributed by atoms with van der Waals surface area (Å²) < 4.78 is 5.70. The molecule has 3 aliphatic heterocycles. The van der Waals surface area contributed by atoms with Crippen molar-refractivity contribution in [1.82, 2.24) is 14.7 Å². The van der Waals surface area contributed by atoms with Gasteiger partial charge in [-0.15, -0.1) is 0 Å². The van der Waals surface area contributed by atoms with Crippen LogP contribution in [-0.4, -0.2) is 79.6 Å². The molecular formula is C17H29N3O3. The van der Waals surface area contributed by atoms with Crippen LogP contribution < -0.4 is 0 Å². The molecule has 0 aromatic carbocycles. The molecule has 0 saturated carbocycles. The Bertz CT molecular complexity index is 452. The number of urea groups is 1. The number of likely N-dealkylation sites (tertiary alicyclic amines) is 2. The minimum Gasteiger partial charge on any atom is -0.376 e. The van der Waals surface area contributed by atoms with Crippen LogP contribution >= 0.6 is 0 Å². The molecule has 1 spiro atoms. The van der Waals surface area contributed by atoms with Crippen LogP contribution in [0.2, 0.25) is 0 Å². The molecule has 3 saturated heterocycles. The van der Waals surface area contributed by atoms with Gasteiger partial charge in [-0.25, -0.2) is 4.79 Å². The Balaban J connectivity index is 1.57. The number of carbonyl (C=O) groups is 2. The smallest absolute Gasteiger partial charge is 0.319 e. The Morgan fingerprint density at radius 2 is 2.04 bits per heavy atom. The molecule has 3 fully saturated rings. The predicted octanol–water partition coefficient (Wildman–Crippen LogP) is 1.55. The van der Waals surface area contributed by atoms with Gasteiger partial charge in [-0.2, -0.15) is 0 Å². The number of rotatable bonds is 2. The Kier molecular flexibility index (Phi) is 4.80. The third-order valence-electron chi connectivity index (χ3n) is 5.67. The van der Waals surface area contributed by atoms with Gasteiger partial charge in [0.1, 0.15) is 0 Å². The van der Waals surface area contributed by atoms with Gasteiger partial charge in [-0.1, -0.05) is 0 Å². The SMILES string of the molecule is CN(C)C(=O)N1CCC2(CCC(=O)N(C[C@H]3CCCO3)C2)CC1. The molecule has 23 heavy (non-hydrogen) atoms. The maximum absolute atomic E-state index is 12.3. The van der Waals surface area contributed by atoms with Crippen LogP contribution in [-0.2, 0) is 9.53 Å². The van der Waals surface area contributed by atoms with Crippen molar-refractivity contribution in [3.63, 3.8) is 0 Å². The second-order valence-electron chi connectivity index (χ2n) is 7.57. The molecule has 3 heterocycles. The van der Waals surface area contributed by atoms with Crippen molar-refractivity contribution in [2.75, 3.05) is 46.9 Å². The second-order valence-corrected chi connectivity index (χ2v) is 7.57. The van der Waals surface area contributed by atoms with Crippen molar-refractivity contribution < 1.29 is 14.3 Å². The molecule has 0 unspecified atom stereocenters. The van der Waals surface area contributed by atoms with E-state index in [1.807, 2.05) is 9.80 Å². The topological polar surface area (TPSA) is 53.1 Å². The molecule has 130 valence electrons. The van der Waals surface area contributed by atoms with Crippen molar-refractivity contribution in [2.24, 2.45) is 5.41 Å². The summed E-state index contributed by atoms with van der Waals surface area (Å²) in [4.78, 5) is 30.0. The van der Waals surface area contributed by atoms with E-state index < -0.39 is 0 Å². The van der Waals surface area contributed by atoms with E-state index in [1.165, 1.54) is 0 Å². The number of carbonyl (C=O) groups excluding carboxylic acids is 2. The summed E-state index contributed by atoms with van der Waals surface area (Å²) in [6.07, 6.45) is 6.03. The molecule has 3 amide bonds. The average molecular weight is 323 g/mol. The van der Waals surface area contributed by atoms with Gasteiger partial charge >= 0.3 is 6.03 Å². The molecule has 0 aliphatic carbocycles. The first kappa shape index (κ1) is 16.6. The molecule has 1 atom stereocenters. The number of ether oxygens (including phenoxy) is 1. The molecule has 0 N–H and O–H groups in total.